The third kappa shape index (κ3) is 5.53. The van der Waals surface area contributed by atoms with Gasteiger partial charge >= 0.3 is 5.97 Å². The van der Waals surface area contributed by atoms with E-state index in [4.69, 9.17) is 17.0 Å². The highest BCUT2D eigenvalue weighted by molar-refractivity contribution is 7.80. The van der Waals surface area contributed by atoms with Crippen LogP contribution < -0.4 is 10.6 Å². The highest BCUT2D eigenvalue weighted by atomic mass is 32.1. The first-order chi connectivity index (χ1) is 13.3. The molecule has 0 spiro atoms. The van der Waals surface area contributed by atoms with Gasteiger partial charge in [0.1, 0.15) is 5.00 Å². The summed E-state index contributed by atoms with van der Waals surface area (Å²) in [5.74, 6) is -0.664. The Labute approximate surface area is 174 Å². The van der Waals surface area contributed by atoms with Crippen molar-refractivity contribution in [1.82, 2.24) is 10.2 Å². The van der Waals surface area contributed by atoms with Crippen LogP contribution in [0.25, 0.3) is 0 Å². The molecule has 0 atom stereocenters. The molecule has 2 N–H and O–H groups in total. The van der Waals surface area contributed by atoms with Crippen molar-refractivity contribution in [3.63, 3.8) is 0 Å². The van der Waals surface area contributed by atoms with Crippen LogP contribution in [0.15, 0.2) is 30.3 Å². The number of methoxy groups -OCH3 is 1. The topological polar surface area (TPSA) is 70.7 Å². The van der Waals surface area contributed by atoms with Crippen LogP contribution in [0.2, 0.25) is 0 Å². The SMILES string of the molecule is COC(=O)c1c(NC(=S)NCCCc2ccccc2)sc(C(=O)N(C)C)c1C. The van der Waals surface area contributed by atoms with Gasteiger partial charge in [0.25, 0.3) is 5.91 Å². The summed E-state index contributed by atoms with van der Waals surface area (Å²) >= 11 is 6.56. The Morgan fingerprint density at radius 1 is 1.21 bits per heavy atom. The Morgan fingerprint density at radius 2 is 1.89 bits per heavy atom. The highest BCUT2D eigenvalue weighted by Crippen LogP contribution is 2.34. The van der Waals surface area contributed by atoms with Crippen LogP contribution in [0.4, 0.5) is 5.00 Å². The summed E-state index contributed by atoms with van der Waals surface area (Å²) in [5.41, 5.74) is 2.20. The maximum absolute atomic E-state index is 12.4. The van der Waals surface area contributed by atoms with Gasteiger partial charge in [0.05, 0.1) is 17.6 Å². The number of nitrogens with one attached hydrogen (secondary N) is 2. The van der Waals surface area contributed by atoms with Gasteiger partial charge in [-0.25, -0.2) is 4.79 Å². The third-order valence-electron chi connectivity index (χ3n) is 4.13. The second-order valence-corrected chi connectivity index (χ2v) is 7.85. The molecule has 0 saturated carbocycles. The molecule has 0 saturated heterocycles. The summed E-state index contributed by atoms with van der Waals surface area (Å²) in [6.07, 6.45) is 1.87. The molecular formula is C20H25N3O3S2. The predicted molar refractivity (Wildman–Crippen MR) is 117 cm³/mol. The normalized spacial score (nSPS) is 10.3. The van der Waals surface area contributed by atoms with E-state index in [1.54, 1.807) is 21.0 Å². The smallest absolute Gasteiger partial charge is 0.341 e. The van der Waals surface area contributed by atoms with Crippen LogP contribution >= 0.6 is 23.6 Å². The Hall–Kier alpha value is -2.45. The van der Waals surface area contributed by atoms with E-state index >= 15 is 0 Å². The van der Waals surface area contributed by atoms with Gasteiger partial charge in [-0.3, -0.25) is 4.79 Å². The Kier molecular flexibility index (Phi) is 7.95. The lowest BCUT2D eigenvalue weighted by Gasteiger charge is -2.10. The molecule has 1 amide bonds. The molecule has 2 aromatic rings. The zero-order chi connectivity index (χ0) is 20.7. The van der Waals surface area contributed by atoms with Gasteiger partial charge in [0.15, 0.2) is 5.11 Å². The molecule has 28 heavy (non-hydrogen) atoms. The van der Waals surface area contributed by atoms with Crippen LogP contribution in [0.3, 0.4) is 0 Å². The number of benzene rings is 1. The van der Waals surface area contributed by atoms with Crippen LogP contribution in [0.5, 0.6) is 0 Å². The number of carbonyl (C=O) groups is 2. The van der Waals surface area contributed by atoms with Crippen molar-refractivity contribution >= 4 is 45.5 Å². The van der Waals surface area contributed by atoms with Gasteiger partial charge in [0.2, 0.25) is 0 Å². The summed E-state index contributed by atoms with van der Waals surface area (Å²) in [5, 5.41) is 7.11. The summed E-state index contributed by atoms with van der Waals surface area (Å²) in [6.45, 7) is 2.43. The lowest BCUT2D eigenvalue weighted by Crippen LogP contribution is -2.29. The molecule has 1 aromatic heterocycles. The number of hydrogen-bond donors (Lipinski definition) is 2. The van der Waals surface area contributed by atoms with E-state index in [0.717, 1.165) is 12.8 Å². The van der Waals surface area contributed by atoms with Crippen molar-refractivity contribution in [2.75, 3.05) is 33.1 Å². The van der Waals surface area contributed by atoms with Crippen LogP contribution in [-0.4, -0.2) is 49.6 Å². The number of carbonyl (C=O) groups excluding carboxylic acids is 2. The second kappa shape index (κ2) is 10.2. The molecule has 8 heteroatoms. The second-order valence-electron chi connectivity index (χ2n) is 6.42. The van der Waals surface area contributed by atoms with Crippen molar-refractivity contribution in [2.45, 2.75) is 19.8 Å². The Bertz CT molecular complexity index is 848. The van der Waals surface area contributed by atoms with E-state index in [2.05, 4.69) is 22.8 Å². The van der Waals surface area contributed by atoms with E-state index in [0.29, 0.717) is 32.7 Å². The lowest BCUT2D eigenvalue weighted by atomic mass is 10.1. The first-order valence-corrected chi connectivity index (χ1v) is 10.1. The van der Waals surface area contributed by atoms with Gasteiger partial charge in [-0.15, -0.1) is 11.3 Å². The number of esters is 1. The first-order valence-electron chi connectivity index (χ1n) is 8.87. The van der Waals surface area contributed by atoms with Crippen LogP contribution in [0.1, 0.15) is 37.6 Å². The maximum Gasteiger partial charge on any atom is 0.341 e. The molecule has 2 rings (SSSR count). The molecule has 0 bridgehead atoms. The molecule has 0 fully saturated rings. The number of anilines is 1. The number of aryl methyl sites for hydroxylation is 1. The predicted octanol–water partition coefficient (Wildman–Crippen LogP) is 3.46. The van der Waals surface area contributed by atoms with E-state index in [1.807, 2.05) is 18.2 Å². The minimum absolute atomic E-state index is 0.164. The van der Waals surface area contributed by atoms with Crippen LogP contribution in [-0.2, 0) is 11.2 Å². The maximum atomic E-state index is 12.4. The average molecular weight is 420 g/mol. The van der Waals surface area contributed by atoms with Gasteiger partial charge < -0.3 is 20.3 Å². The monoisotopic (exact) mass is 419 g/mol. The van der Waals surface area contributed by atoms with Crippen molar-refractivity contribution < 1.29 is 14.3 Å². The summed E-state index contributed by atoms with van der Waals surface area (Å²) < 4.78 is 4.88. The molecule has 6 nitrogen and oxygen atoms in total. The third-order valence-corrected chi connectivity index (χ3v) is 5.58. The largest absolute Gasteiger partial charge is 0.465 e. The van der Waals surface area contributed by atoms with E-state index < -0.39 is 5.97 Å². The molecule has 0 unspecified atom stereocenters. The minimum atomic E-state index is -0.499. The van der Waals surface area contributed by atoms with Crippen LogP contribution in [0, 0.1) is 6.92 Å². The zero-order valence-corrected chi connectivity index (χ0v) is 18.1. The fraction of sp³-hybridized carbons (Fsp3) is 0.350. The number of amides is 1. The molecule has 0 radical (unpaired) electrons. The highest BCUT2D eigenvalue weighted by Gasteiger charge is 2.26. The quantitative estimate of drug-likeness (QED) is 0.407. The van der Waals surface area contributed by atoms with E-state index in [1.165, 1.54) is 28.9 Å². The van der Waals surface area contributed by atoms with E-state index in [-0.39, 0.29) is 5.91 Å². The van der Waals surface area contributed by atoms with Gasteiger partial charge in [0, 0.05) is 20.6 Å². The van der Waals surface area contributed by atoms with Crippen molar-refractivity contribution in [3.8, 4) is 0 Å². The van der Waals surface area contributed by atoms with Gasteiger partial charge in [-0.1, -0.05) is 30.3 Å². The Morgan fingerprint density at radius 3 is 2.50 bits per heavy atom. The fourth-order valence-electron chi connectivity index (χ4n) is 2.64. The minimum Gasteiger partial charge on any atom is -0.465 e. The fourth-order valence-corrected chi connectivity index (χ4v) is 4.13. The zero-order valence-electron chi connectivity index (χ0n) is 16.5. The van der Waals surface area contributed by atoms with Crippen molar-refractivity contribution in [3.05, 3.63) is 51.9 Å². The molecule has 150 valence electrons. The molecule has 0 aliphatic heterocycles. The molecule has 1 heterocycles. The lowest BCUT2D eigenvalue weighted by molar-refractivity contribution is 0.0601. The van der Waals surface area contributed by atoms with Gasteiger partial charge in [-0.05, 0) is 43.1 Å². The summed E-state index contributed by atoms with van der Waals surface area (Å²) in [4.78, 5) is 26.6. The van der Waals surface area contributed by atoms with E-state index in [9.17, 15) is 9.59 Å². The van der Waals surface area contributed by atoms with Crippen molar-refractivity contribution in [1.29, 1.82) is 0 Å². The van der Waals surface area contributed by atoms with Crippen molar-refractivity contribution in [2.24, 2.45) is 0 Å². The standard InChI is InChI=1S/C20H25N3O3S2/c1-13-15(19(25)26-4)17(28-16(13)18(24)23(2)3)22-20(27)21-12-8-11-14-9-6-5-7-10-14/h5-7,9-10H,8,11-12H2,1-4H3,(H2,21,22,27). The summed E-state index contributed by atoms with van der Waals surface area (Å²) in [6, 6.07) is 10.2. The Balaban J connectivity index is 2.03. The number of ether oxygens (including phenoxy) is 1. The summed E-state index contributed by atoms with van der Waals surface area (Å²) in [7, 11) is 4.66. The number of thiophene rings is 1. The molecule has 0 aliphatic carbocycles. The average Bonchev–Trinajstić information content (AvgIpc) is 3.00. The molecular weight excluding hydrogens is 394 g/mol. The molecule has 0 aliphatic rings. The number of nitrogens with zero attached hydrogens (tertiary/aromatic N) is 1. The number of thiocarbonyl (C=S) groups is 1. The first kappa shape index (κ1) is 21.8. The van der Waals surface area contributed by atoms with Gasteiger partial charge in [-0.2, -0.15) is 0 Å². The molecule has 1 aromatic carbocycles. The number of hydrogen-bond acceptors (Lipinski definition) is 5. The number of rotatable bonds is 7.